The van der Waals surface area contributed by atoms with Gasteiger partial charge in [0.2, 0.25) is 10.0 Å². The molecular weight excluding hydrogens is 268 g/mol. The maximum absolute atomic E-state index is 12.3. The number of hydrogen-bond acceptors (Lipinski definition) is 4. The highest BCUT2D eigenvalue weighted by molar-refractivity contribution is 7.98. The van der Waals surface area contributed by atoms with Gasteiger partial charge in [0.25, 0.3) is 0 Å². The molecule has 18 heavy (non-hydrogen) atoms. The summed E-state index contributed by atoms with van der Waals surface area (Å²) in [6.45, 7) is 3.86. The third kappa shape index (κ3) is 5.07. The Bertz CT molecular complexity index is 327. The lowest BCUT2D eigenvalue weighted by molar-refractivity contribution is 0.362. The SMILES string of the molecule is CSCCC(C)N(C)S(=O)(=O)CC1CCCNC1. The van der Waals surface area contributed by atoms with Gasteiger partial charge < -0.3 is 5.32 Å². The van der Waals surface area contributed by atoms with Gasteiger partial charge in [-0.15, -0.1) is 0 Å². The van der Waals surface area contributed by atoms with Crippen LogP contribution in [0.4, 0.5) is 0 Å². The normalized spacial score (nSPS) is 23.2. The molecule has 1 fully saturated rings. The molecule has 0 spiro atoms. The minimum Gasteiger partial charge on any atom is -0.316 e. The summed E-state index contributed by atoms with van der Waals surface area (Å²) in [7, 11) is -1.39. The zero-order valence-electron chi connectivity index (χ0n) is 11.7. The Morgan fingerprint density at radius 1 is 1.50 bits per heavy atom. The monoisotopic (exact) mass is 294 g/mol. The number of thioether (sulfide) groups is 1. The van der Waals surface area contributed by atoms with Gasteiger partial charge in [0.1, 0.15) is 0 Å². The van der Waals surface area contributed by atoms with Gasteiger partial charge in [0.15, 0.2) is 0 Å². The molecule has 0 bridgehead atoms. The molecule has 108 valence electrons. The van der Waals surface area contributed by atoms with E-state index in [9.17, 15) is 8.42 Å². The average Bonchev–Trinajstić information content (AvgIpc) is 2.35. The van der Waals surface area contributed by atoms with Gasteiger partial charge in [-0.25, -0.2) is 12.7 Å². The lowest BCUT2D eigenvalue weighted by Gasteiger charge is -2.28. The van der Waals surface area contributed by atoms with Crippen LogP contribution in [-0.4, -0.2) is 56.7 Å². The van der Waals surface area contributed by atoms with Gasteiger partial charge in [0.05, 0.1) is 5.75 Å². The average molecular weight is 294 g/mol. The first-order valence-corrected chi connectivity index (χ1v) is 9.63. The molecule has 0 aromatic rings. The summed E-state index contributed by atoms with van der Waals surface area (Å²) >= 11 is 1.76. The van der Waals surface area contributed by atoms with Crippen molar-refractivity contribution in [1.29, 1.82) is 0 Å². The van der Waals surface area contributed by atoms with Gasteiger partial charge in [-0.05, 0) is 57.2 Å². The van der Waals surface area contributed by atoms with Crippen molar-refractivity contribution in [2.24, 2.45) is 5.92 Å². The minimum atomic E-state index is -3.11. The number of nitrogens with one attached hydrogen (secondary N) is 1. The van der Waals surface area contributed by atoms with E-state index < -0.39 is 10.0 Å². The second-order valence-corrected chi connectivity index (χ2v) is 8.20. The molecule has 1 saturated heterocycles. The minimum absolute atomic E-state index is 0.0963. The van der Waals surface area contributed by atoms with Gasteiger partial charge >= 0.3 is 0 Å². The highest BCUT2D eigenvalue weighted by atomic mass is 32.2. The predicted octanol–water partition coefficient (Wildman–Crippen LogP) is 1.39. The second-order valence-electron chi connectivity index (χ2n) is 5.14. The number of nitrogens with zero attached hydrogens (tertiary/aromatic N) is 1. The molecule has 2 atom stereocenters. The maximum atomic E-state index is 12.3. The fraction of sp³-hybridized carbons (Fsp3) is 1.00. The fourth-order valence-electron chi connectivity index (χ4n) is 2.23. The fourth-order valence-corrected chi connectivity index (χ4v) is 4.57. The van der Waals surface area contributed by atoms with E-state index in [2.05, 4.69) is 11.6 Å². The Kier molecular flexibility index (Phi) is 6.98. The highest BCUT2D eigenvalue weighted by Crippen LogP contribution is 2.17. The molecule has 4 nitrogen and oxygen atoms in total. The second kappa shape index (κ2) is 7.72. The standard InChI is InChI=1S/C12H26N2O2S2/c1-11(6-8-17-3)14(2)18(15,16)10-12-5-4-7-13-9-12/h11-13H,4-10H2,1-3H3. The molecule has 0 radical (unpaired) electrons. The molecule has 0 aliphatic carbocycles. The Labute approximate surface area is 116 Å². The zero-order valence-corrected chi connectivity index (χ0v) is 13.3. The topological polar surface area (TPSA) is 49.4 Å². The summed E-state index contributed by atoms with van der Waals surface area (Å²) in [6.07, 6.45) is 5.08. The Hall–Kier alpha value is 0.220. The molecule has 2 unspecified atom stereocenters. The Balaban J connectivity index is 2.50. The van der Waals surface area contributed by atoms with E-state index in [0.717, 1.165) is 38.1 Å². The molecule has 0 aromatic carbocycles. The van der Waals surface area contributed by atoms with Crippen LogP contribution in [0.15, 0.2) is 0 Å². The Morgan fingerprint density at radius 2 is 2.22 bits per heavy atom. The van der Waals surface area contributed by atoms with Crippen LogP contribution in [-0.2, 0) is 10.0 Å². The first-order chi connectivity index (χ1) is 8.47. The van der Waals surface area contributed by atoms with E-state index in [1.165, 1.54) is 0 Å². The van der Waals surface area contributed by atoms with Crippen molar-refractivity contribution in [2.75, 3.05) is 37.9 Å². The van der Waals surface area contributed by atoms with E-state index in [1.54, 1.807) is 23.1 Å². The molecule has 0 aromatic heterocycles. The molecular formula is C12H26N2O2S2. The third-order valence-corrected chi connectivity index (χ3v) is 6.42. The van der Waals surface area contributed by atoms with Gasteiger partial charge in [-0.3, -0.25) is 0 Å². The van der Waals surface area contributed by atoms with Crippen LogP contribution in [0.1, 0.15) is 26.2 Å². The van der Waals surface area contributed by atoms with Crippen LogP contribution in [0, 0.1) is 5.92 Å². The van der Waals surface area contributed by atoms with Crippen LogP contribution < -0.4 is 5.32 Å². The first kappa shape index (κ1) is 16.3. The lowest BCUT2D eigenvalue weighted by Crippen LogP contribution is -2.41. The molecule has 1 aliphatic rings. The van der Waals surface area contributed by atoms with Crippen LogP contribution in [0.3, 0.4) is 0 Å². The summed E-state index contributed by atoms with van der Waals surface area (Å²) in [5.41, 5.74) is 0. The van der Waals surface area contributed by atoms with E-state index >= 15 is 0 Å². The van der Waals surface area contributed by atoms with Gasteiger partial charge in [-0.2, -0.15) is 11.8 Å². The van der Waals surface area contributed by atoms with E-state index in [0.29, 0.717) is 5.75 Å². The molecule has 0 saturated carbocycles. The van der Waals surface area contributed by atoms with E-state index in [4.69, 9.17) is 0 Å². The van der Waals surface area contributed by atoms with Gasteiger partial charge in [0, 0.05) is 13.1 Å². The van der Waals surface area contributed by atoms with Crippen LogP contribution in [0.25, 0.3) is 0 Å². The van der Waals surface area contributed by atoms with Crippen LogP contribution in [0.2, 0.25) is 0 Å². The lowest BCUT2D eigenvalue weighted by atomic mass is 10.0. The number of sulfonamides is 1. The van der Waals surface area contributed by atoms with Crippen molar-refractivity contribution in [2.45, 2.75) is 32.2 Å². The van der Waals surface area contributed by atoms with Crippen molar-refractivity contribution < 1.29 is 8.42 Å². The molecule has 1 rings (SSSR count). The van der Waals surface area contributed by atoms with Crippen molar-refractivity contribution in [3.05, 3.63) is 0 Å². The number of hydrogen-bond donors (Lipinski definition) is 1. The quantitative estimate of drug-likeness (QED) is 0.771. The van der Waals surface area contributed by atoms with Crippen LogP contribution in [0.5, 0.6) is 0 Å². The smallest absolute Gasteiger partial charge is 0.214 e. The summed E-state index contributed by atoms with van der Waals surface area (Å²) in [5.74, 6) is 1.57. The maximum Gasteiger partial charge on any atom is 0.214 e. The summed E-state index contributed by atoms with van der Waals surface area (Å²) in [4.78, 5) is 0. The zero-order chi connectivity index (χ0) is 13.6. The number of rotatable bonds is 7. The molecule has 0 amide bonds. The molecule has 1 N–H and O–H groups in total. The van der Waals surface area contributed by atoms with Gasteiger partial charge in [-0.1, -0.05) is 0 Å². The van der Waals surface area contributed by atoms with Crippen molar-refractivity contribution in [1.82, 2.24) is 9.62 Å². The molecule has 1 heterocycles. The summed E-state index contributed by atoms with van der Waals surface area (Å²) < 4.78 is 26.2. The highest BCUT2D eigenvalue weighted by Gasteiger charge is 2.27. The van der Waals surface area contributed by atoms with E-state index in [-0.39, 0.29) is 12.0 Å². The molecule has 1 aliphatic heterocycles. The predicted molar refractivity (Wildman–Crippen MR) is 79.6 cm³/mol. The third-order valence-electron chi connectivity index (χ3n) is 3.64. The summed E-state index contributed by atoms with van der Waals surface area (Å²) in [5, 5.41) is 3.27. The van der Waals surface area contributed by atoms with Crippen molar-refractivity contribution in [3.63, 3.8) is 0 Å². The summed E-state index contributed by atoms with van der Waals surface area (Å²) in [6, 6.07) is 0.0963. The Morgan fingerprint density at radius 3 is 2.78 bits per heavy atom. The van der Waals surface area contributed by atoms with E-state index in [1.807, 2.05) is 6.92 Å². The van der Waals surface area contributed by atoms with Crippen molar-refractivity contribution >= 4 is 21.8 Å². The van der Waals surface area contributed by atoms with Crippen molar-refractivity contribution in [3.8, 4) is 0 Å². The molecule has 6 heteroatoms. The first-order valence-electron chi connectivity index (χ1n) is 6.62. The van der Waals surface area contributed by atoms with Crippen LogP contribution >= 0.6 is 11.8 Å². The largest absolute Gasteiger partial charge is 0.316 e. The number of piperidine rings is 1.